The van der Waals surface area contributed by atoms with Crippen LogP contribution in [0.4, 0.5) is 0 Å². The molecule has 3 aliphatic rings. The van der Waals surface area contributed by atoms with Crippen LogP contribution < -0.4 is 0 Å². The Morgan fingerprint density at radius 1 is 1.40 bits per heavy atom. The zero-order valence-corrected chi connectivity index (χ0v) is 11.1. The van der Waals surface area contributed by atoms with Crippen molar-refractivity contribution in [3.63, 3.8) is 0 Å². The number of hydrogen-bond donors (Lipinski definition) is 0. The SMILES string of the molecule is CCC1C2CCC3(CC(C)SC)CC1C23. The van der Waals surface area contributed by atoms with Crippen molar-refractivity contribution in [1.29, 1.82) is 0 Å². The van der Waals surface area contributed by atoms with Gasteiger partial charge in [-0.05, 0) is 61.0 Å². The van der Waals surface area contributed by atoms with Crippen LogP contribution in [0.1, 0.15) is 46.0 Å². The molecule has 1 heteroatoms. The molecule has 0 aromatic carbocycles. The van der Waals surface area contributed by atoms with Crippen LogP contribution in [-0.4, -0.2) is 11.5 Å². The first kappa shape index (κ1) is 10.5. The summed E-state index contributed by atoms with van der Waals surface area (Å²) in [6.07, 6.45) is 9.99. The highest BCUT2D eigenvalue weighted by Crippen LogP contribution is 2.77. The molecule has 0 nitrogen and oxygen atoms in total. The third kappa shape index (κ3) is 1.22. The average Bonchev–Trinajstić information content (AvgIpc) is 2.36. The summed E-state index contributed by atoms with van der Waals surface area (Å²) in [6, 6.07) is 0. The molecule has 0 amide bonds. The van der Waals surface area contributed by atoms with E-state index in [0.717, 1.165) is 28.4 Å². The van der Waals surface area contributed by atoms with Crippen LogP contribution in [0.3, 0.4) is 0 Å². The summed E-state index contributed by atoms with van der Waals surface area (Å²) in [7, 11) is 0. The van der Waals surface area contributed by atoms with Gasteiger partial charge in [0.15, 0.2) is 0 Å². The van der Waals surface area contributed by atoms with Gasteiger partial charge < -0.3 is 0 Å². The van der Waals surface area contributed by atoms with Gasteiger partial charge in [0.1, 0.15) is 0 Å². The van der Waals surface area contributed by atoms with Gasteiger partial charge in [-0.1, -0.05) is 20.3 Å². The molecule has 0 saturated heterocycles. The molecule has 0 N–H and O–H groups in total. The van der Waals surface area contributed by atoms with Gasteiger partial charge in [0.05, 0.1) is 0 Å². The Hall–Kier alpha value is 0.350. The van der Waals surface area contributed by atoms with Gasteiger partial charge in [0.2, 0.25) is 0 Å². The fraction of sp³-hybridized carbons (Fsp3) is 1.00. The quantitative estimate of drug-likeness (QED) is 0.689. The second kappa shape index (κ2) is 3.42. The molecule has 6 atom stereocenters. The summed E-state index contributed by atoms with van der Waals surface area (Å²) in [5.41, 5.74) is 0.837. The third-order valence-electron chi connectivity index (χ3n) is 5.92. The molecule has 3 saturated carbocycles. The maximum Gasteiger partial charge on any atom is 0.00213 e. The highest BCUT2D eigenvalue weighted by Gasteiger charge is 2.69. The Morgan fingerprint density at radius 3 is 2.87 bits per heavy atom. The molecule has 0 bridgehead atoms. The van der Waals surface area contributed by atoms with Gasteiger partial charge >= 0.3 is 0 Å². The molecular formula is C14H24S. The van der Waals surface area contributed by atoms with E-state index in [-0.39, 0.29) is 0 Å². The van der Waals surface area contributed by atoms with Crippen molar-refractivity contribution in [3.8, 4) is 0 Å². The van der Waals surface area contributed by atoms with Crippen LogP contribution in [0.2, 0.25) is 0 Å². The normalized spacial score (nSPS) is 53.0. The van der Waals surface area contributed by atoms with Crippen molar-refractivity contribution in [3.05, 3.63) is 0 Å². The Bertz CT molecular complexity index is 262. The third-order valence-corrected chi connectivity index (χ3v) is 6.89. The molecule has 3 aliphatic carbocycles. The van der Waals surface area contributed by atoms with Gasteiger partial charge in [-0.25, -0.2) is 0 Å². The predicted octanol–water partition coefficient (Wildman–Crippen LogP) is 4.20. The largest absolute Gasteiger partial charge is 0.162 e. The zero-order valence-electron chi connectivity index (χ0n) is 10.3. The summed E-state index contributed by atoms with van der Waals surface area (Å²) in [6.45, 7) is 4.83. The maximum atomic E-state index is 2.43. The van der Waals surface area contributed by atoms with Crippen molar-refractivity contribution >= 4 is 11.8 Å². The van der Waals surface area contributed by atoms with Crippen LogP contribution in [0.25, 0.3) is 0 Å². The molecule has 0 radical (unpaired) electrons. The standard InChI is InChI=1S/C14H24S/c1-4-10-11-5-6-14(7-9(2)15-3)8-12(10)13(11)14/h9-13H,4-8H2,1-3H3. The molecule has 86 valence electrons. The van der Waals surface area contributed by atoms with E-state index in [1.165, 1.54) is 18.8 Å². The second-order valence-corrected chi connectivity index (χ2v) is 7.56. The lowest BCUT2D eigenvalue weighted by Gasteiger charge is -2.66. The first-order chi connectivity index (χ1) is 7.22. The monoisotopic (exact) mass is 224 g/mol. The highest BCUT2D eigenvalue weighted by atomic mass is 32.2. The molecule has 3 rings (SSSR count). The van der Waals surface area contributed by atoms with Gasteiger partial charge in [0.25, 0.3) is 0 Å². The summed E-state index contributed by atoms with van der Waals surface area (Å²) < 4.78 is 0. The summed E-state index contributed by atoms with van der Waals surface area (Å²) in [5, 5.41) is 0.894. The Morgan fingerprint density at radius 2 is 2.20 bits per heavy atom. The second-order valence-electron chi connectivity index (χ2n) is 6.28. The molecule has 6 unspecified atom stereocenters. The van der Waals surface area contributed by atoms with Gasteiger partial charge in [0, 0.05) is 5.25 Å². The first-order valence-corrected chi connectivity index (χ1v) is 8.03. The van der Waals surface area contributed by atoms with E-state index in [1.54, 1.807) is 19.3 Å². The summed E-state index contributed by atoms with van der Waals surface area (Å²) in [5.74, 6) is 4.63. The zero-order chi connectivity index (χ0) is 10.6. The number of hydrogen-bond acceptors (Lipinski definition) is 1. The fourth-order valence-corrected chi connectivity index (χ4v) is 5.85. The van der Waals surface area contributed by atoms with E-state index in [4.69, 9.17) is 0 Å². The Balaban J connectivity index is 1.68. The van der Waals surface area contributed by atoms with Crippen molar-refractivity contribution < 1.29 is 0 Å². The maximum absolute atomic E-state index is 2.43. The van der Waals surface area contributed by atoms with Crippen molar-refractivity contribution in [1.82, 2.24) is 0 Å². The molecule has 15 heavy (non-hydrogen) atoms. The molecule has 3 fully saturated rings. The lowest BCUT2D eigenvalue weighted by Crippen LogP contribution is -2.60. The molecule has 0 aromatic rings. The smallest absolute Gasteiger partial charge is 0.00213 e. The van der Waals surface area contributed by atoms with Gasteiger partial charge in [-0.3, -0.25) is 0 Å². The Labute approximate surface area is 98.6 Å². The molecule has 0 spiro atoms. The van der Waals surface area contributed by atoms with Crippen LogP contribution in [0, 0.1) is 29.1 Å². The first-order valence-electron chi connectivity index (χ1n) is 6.74. The predicted molar refractivity (Wildman–Crippen MR) is 68.1 cm³/mol. The highest BCUT2D eigenvalue weighted by molar-refractivity contribution is 7.99. The lowest BCUT2D eigenvalue weighted by molar-refractivity contribution is -0.174. The lowest BCUT2D eigenvalue weighted by atomic mass is 9.39. The fourth-order valence-electron chi connectivity index (χ4n) is 5.35. The van der Waals surface area contributed by atoms with Crippen molar-refractivity contribution in [2.75, 3.05) is 6.26 Å². The van der Waals surface area contributed by atoms with E-state index < -0.39 is 0 Å². The van der Waals surface area contributed by atoms with Crippen molar-refractivity contribution in [2.24, 2.45) is 29.1 Å². The minimum Gasteiger partial charge on any atom is -0.162 e. The van der Waals surface area contributed by atoms with E-state index in [1.807, 2.05) is 0 Å². The molecule has 0 aliphatic heterocycles. The number of rotatable bonds is 4. The van der Waals surface area contributed by atoms with E-state index in [9.17, 15) is 0 Å². The molecule has 0 aromatic heterocycles. The molecular weight excluding hydrogens is 200 g/mol. The van der Waals surface area contributed by atoms with Crippen LogP contribution in [-0.2, 0) is 0 Å². The average molecular weight is 224 g/mol. The van der Waals surface area contributed by atoms with Crippen LogP contribution in [0.15, 0.2) is 0 Å². The summed E-state index contributed by atoms with van der Waals surface area (Å²) >= 11 is 2.07. The van der Waals surface area contributed by atoms with E-state index in [2.05, 4.69) is 31.9 Å². The van der Waals surface area contributed by atoms with E-state index in [0.29, 0.717) is 0 Å². The minimum atomic E-state index is 0.837. The minimum absolute atomic E-state index is 0.837. The van der Waals surface area contributed by atoms with Crippen molar-refractivity contribution in [2.45, 2.75) is 51.2 Å². The van der Waals surface area contributed by atoms with Gasteiger partial charge in [-0.15, -0.1) is 0 Å². The van der Waals surface area contributed by atoms with Crippen LogP contribution >= 0.6 is 11.8 Å². The Kier molecular flexibility index (Phi) is 2.39. The van der Waals surface area contributed by atoms with Gasteiger partial charge in [-0.2, -0.15) is 11.8 Å². The topological polar surface area (TPSA) is 0 Å². The molecule has 0 heterocycles. The van der Waals surface area contributed by atoms with Crippen LogP contribution in [0.5, 0.6) is 0 Å². The summed E-state index contributed by atoms with van der Waals surface area (Å²) in [4.78, 5) is 0. The number of thioether (sulfide) groups is 1. The van der Waals surface area contributed by atoms with E-state index >= 15 is 0 Å².